The lowest BCUT2D eigenvalue weighted by atomic mass is 9.87. The molecule has 1 aliphatic carbocycles. The van der Waals surface area contributed by atoms with E-state index >= 15 is 4.39 Å². The van der Waals surface area contributed by atoms with E-state index in [1.807, 2.05) is 48.9 Å². The average Bonchev–Trinajstić information content (AvgIpc) is 3.08. The molecule has 2 aromatic carbocycles. The summed E-state index contributed by atoms with van der Waals surface area (Å²) in [6, 6.07) is 10.2. The predicted molar refractivity (Wildman–Crippen MR) is 134 cm³/mol. The number of halogens is 1. The van der Waals surface area contributed by atoms with Crippen molar-refractivity contribution >= 4 is 31.8 Å². The van der Waals surface area contributed by atoms with Crippen molar-refractivity contribution in [2.45, 2.75) is 52.2 Å². The van der Waals surface area contributed by atoms with Gasteiger partial charge in [-0.15, -0.1) is 0 Å². The molecule has 0 radical (unpaired) electrons. The first-order valence-electron chi connectivity index (χ1n) is 11.8. The highest BCUT2D eigenvalue weighted by Gasteiger charge is 2.39. The standard InChI is InChI=1S/C24H30FN3O6S2/c1-16(2)10-11-35(30,31)26-19-9-8-18-12-21(34-15-17-6-4-3-5-7-17)24(23(25)20(18)13-19)28-14-22(29)27-36(28,32)33/h3-7,12,16,19,26H,8-11,13-15H2,1-2H3,(H,27,29). The maximum absolute atomic E-state index is 16.0. The smallest absolute Gasteiger partial charge is 0.326 e. The zero-order chi connectivity index (χ0) is 26.1. The van der Waals surface area contributed by atoms with Crippen LogP contribution in [0.4, 0.5) is 10.1 Å². The molecule has 1 saturated heterocycles. The monoisotopic (exact) mass is 539 g/mol. The van der Waals surface area contributed by atoms with Crippen molar-refractivity contribution in [3.05, 3.63) is 58.9 Å². The number of rotatable bonds is 9. The summed E-state index contributed by atoms with van der Waals surface area (Å²) in [6.45, 7) is 3.37. The van der Waals surface area contributed by atoms with Gasteiger partial charge in [0.05, 0.1) is 5.75 Å². The number of carbonyl (C=O) groups excluding carboxylic acids is 1. The summed E-state index contributed by atoms with van der Waals surface area (Å²) in [6.07, 6.45) is 1.42. The lowest BCUT2D eigenvalue weighted by Crippen LogP contribution is -2.40. The van der Waals surface area contributed by atoms with Crippen LogP contribution in [0.2, 0.25) is 0 Å². The Labute approximate surface area is 211 Å². The van der Waals surface area contributed by atoms with E-state index in [2.05, 4.69) is 4.72 Å². The largest absolute Gasteiger partial charge is 0.487 e. The van der Waals surface area contributed by atoms with Crippen LogP contribution < -0.4 is 18.5 Å². The highest BCUT2D eigenvalue weighted by Crippen LogP contribution is 2.40. The second-order valence-electron chi connectivity index (χ2n) is 9.55. The predicted octanol–water partition coefficient (Wildman–Crippen LogP) is 2.41. The van der Waals surface area contributed by atoms with Crippen molar-refractivity contribution in [2.75, 3.05) is 16.6 Å². The van der Waals surface area contributed by atoms with Crippen molar-refractivity contribution in [1.29, 1.82) is 0 Å². The number of aryl methyl sites for hydroxylation is 1. The first kappa shape index (κ1) is 26.4. The number of ether oxygens (including phenoxy) is 1. The third-order valence-electron chi connectivity index (χ3n) is 6.23. The Morgan fingerprint density at radius 1 is 1.25 bits per heavy atom. The molecule has 1 unspecified atom stereocenters. The molecule has 0 aromatic heterocycles. The molecular formula is C24H30FN3O6S2. The third-order valence-corrected chi connectivity index (χ3v) is 9.07. The Morgan fingerprint density at radius 3 is 2.61 bits per heavy atom. The Morgan fingerprint density at radius 2 is 1.97 bits per heavy atom. The molecule has 196 valence electrons. The van der Waals surface area contributed by atoms with Crippen LogP contribution in [0.25, 0.3) is 0 Å². The van der Waals surface area contributed by atoms with Crippen LogP contribution in [0, 0.1) is 11.7 Å². The van der Waals surface area contributed by atoms with Crippen molar-refractivity contribution < 1.29 is 30.8 Å². The van der Waals surface area contributed by atoms with Crippen molar-refractivity contribution in [1.82, 2.24) is 9.44 Å². The van der Waals surface area contributed by atoms with Gasteiger partial charge in [0.2, 0.25) is 10.0 Å². The van der Waals surface area contributed by atoms with Gasteiger partial charge in [-0.2, -0.15) is 8.42 Å². The normalized spacial score (nSPS) is 19.3. The van der Waals surface area contributed by atoms with Gasteiger partial charge in [-0.3, -0.25) is 4.79 Å². The fraction of sp³-hybridized carbons (Fsp3) is 0.458. The van der Waals surface area contributed by atoms with Gasteiger partial charge in [-0.25, -0.2) is 26.6 Å². The molecule has 0 bridgehead atoms. The maximum atomic E-state index is 16.0. The molecule has 12 heteroatoms. The molecular weight excluding hydrogens is 509 g/mol. The van der Waals surface area contributed by atoms with Gasteiger partial charge in [0.15, 0.2) is 5.82 Å². The third kappa shape index (κ3) is 5.98. The average molecular weight is 540 g/mol. The van der Waals surface area contributed by atoms with E-state index in [0.717, 1.165) is 5.56 Å². The van der Waals surface area contributed by atoms with E-state index in [1.165, 1.54) is 0 Å². The van der Waals surface area contributed by atoms with Crippen LogP contribution in [-0.2, 0) is 44.5 Å². The van der Waals surface area contributed by atoms with Gasteiger partial charge in [0, 0.05) is 6.04 Å². The number of hydrogen-bond acceptors (Lipinski definition) is 6. The van der Waals surface area contributed by atoms with Crippen LogP contribution in [0.1, 0.15) is 43.4 Å². The van der Waals surface area contributed by atoms with Crippen LogP contribution in [0.5, 0.6) is 5.75 Å². The molecule has 0 saturated carbocycles. The Kier molecular flexibility index (Phi) is 7.58. The van der Waals surface area contributed by atoms with E-state index in [-0.39, 0.29) is 41.7 Å². The molecule has 2 aliphatic rings. The summed E-state index contributed by atoms with van der Waals surface area (Å²) in [7, 11) is -7.85. The van der Waals surface area contributed by atoms with Crippen LogP contribution in [0.3, 0.4) is 0 Å². The highest BCUT2D eigenvalue weighted by atomic mass is 32.2. The van der Waals surface area contributed by atoms with E-state index < -0.39 is 44.5 Å². The van der Waals surface area contributed by atoms with Gasteiger partial charge in [-0.05, 0) is 54.4 Å². The first-order chi connectivity index (χ1) is 16.9. The summed E-state index contributed by atoms with van der Waals surface area (Å²) in [5, 5.41) is 0. The molecule has 0 spiro atoms. The molecule has 1 fully saturated rings. The molecule has 4 rings (SSSR count). The summed E-state index contributed by atoms with van der Waals surface area (Å²) < 4.78 is 77.3. The SMILES string of the molecule is CC(C)CCS(=O)(=O)NC1CCc2cc(OCc3ccccc3)c(N3CC(=O)NS3(=O)=O)c(F)c2C1. The number of sulfonamides is 1. The molecule has 2 N–H and O–H groups in total. The van der Waals surface area contributed by atoms with Crippen molar-refractivity contribution in [2.24, 2.45) is 5.92 Å². The second-order valence-corrected chi connectivity index (χ2v) is 13.0. The van der Waals surface area contributed by atoms with Crippen LogP contribution in [0.15, 0.2) is 36.4 Å². The quantitative estimate of drug-likeness (QED) is 0.505. The number of amides is 1. The summed E-state index contributed by atoms with van der Waals surface area (Å²) >= 11 is 0. The number of hydrogen-bond donors (Lipinski definition) is 2. The number of nitrogens with zero attached hydrogens (tertiary/aromatic N) is 1. The highest BCUT2D eigenvalue weighted by molar-refractivity contribution is 7.92. The molecule has 36 heavy (non-hydrogen) atoms. The van der Waals surface area contributed by atoms with Gasteiger partial charge >= 0.3 is 10.2 Å². The molecule has 2 aromatic rings. The fourth-order valence-corrected chi connectivity index (χ4v) is 7.12. The Hall–Kier alpha value is -2.70. The van der Waals surface area contributed by atoms with Crippen LogP contribution in [-0.4, -0.2) is 41.1 Å². The molecule has 1 aliphatic heterocycles. The lowest BCUT2D eigenvalue weighted by molar-refractivity contribution is -0.117. The van der Waals surface area contributed by atoms with E-state index in [4.69, 9.17) is 4.74 Å². The molecule has 1 heterocycles. The molecule has 1 amide bonds. The van der Waals surface area contributed by atoms with E-state index in [9.17, 15) is 21.6 Å². The van der Waals surface area contributed by atoms with Gasteiger partial charge in [0.25, 0.3) is 5.91 Å². The minimum absolute atomic E-state index is 0.00569. The van der Waals surface area contributed by atoms with Gasteiger partial charge in [0.1, 0.15) is 24.6 Å². The van der Waals surface area contributed by atoms with Gasteiger partial charge < -0.3 is 4.74 Å². The second kappa shape index (κ2) is 10.3. The van der Waals surface area contributed by atoms with E-state index in [1.54, 1.807) is 6.07 Å². The topological polar surface area (TPSA) is 122 Å². The molecule has 1 atom stereocenters. The number of anilines is 1. The summed E-state index contributed by atoms with van der Waals surface area (Å²) in [5.41, 5.74) is 1.28. The number of nitrogens with one attached hydrogen (secondary N) is 2. The Bertz CT molecular complexity index is 1350. The number of benzene rings is 2. The minimum Gasteiger partial charge on any atom is -0.487 e. The maximum Gasteiger partial charge on any atom is 0.326 e. The molecule has 9 nitrogen and oxygen atoms in total. The van der Waals surface area contributed by atoms with Gasteiger partial charge in [-0.1, -0.05) is 44.2 Å². The number of carbonyl (C=O) groups is 1. The van der Waals surface area contributed by atoms with Crippen molar-refractivity contribution in [3.63, 3.8) is 0 Å². The Balaban J connectivity index is 1.67. The zero-order valence-corrected chi connectivity index (χ0v) is 21.8. The fourth-order valence-electron chi connectivity index (χ4n) is 4.36. The van der Waals surface area contributed by atoms with E-state index in [0.29, 0.717) is 29.1 Å². The first-order valence-corrected chi connectivity index (χ1v) is 14.9. The van der Waals surface area contributed by atoms with Crippen LogP contribution >= 0.6 is 0 Å². The lowest BCUT2D eigenvalue weighted by Gasteiger charge is -2.29. The summed E-state index contributed by atoms with van der Waals surface area (Å²) in [4.78, 5) is 11.9. The minimum atomic E-state index is -4.30. The zero-order valence-electron chi connectivity index (χ0n) is 20.2. The number of fused-ring (bicyclic) bond motifs is 1. The van der Waals surface area contributed by atoms with Crippen molar-refractivity contribution in [3.8, 4) is 5.75 Å². The summed E-state index contributed by atoms with van der Waals surface area (Å²) in [5.74, 6) is -1.40.